The second kappa shape index (κ2) is 10.1. The summed E-state index contributed by atoms with van der Waals surface area (Å²) in [5.74, 6) is 2.19. The van der Waals surface area contributed by atoms with Crippen molar-refractivity contribution < 1.29 is 5.11 Å². The molecule has 174 valence electrons. The number of aliphatic hydroxyl groups excluding tert-OH is 1. The fraction of sp³-hybridized carbons (Fsp3) is 0.120. The number of nitrogens with one attached hydrogen (secondary N) is 2. The van der Waals surface area contributed by atoms with Crippen LogP contribution in [-0.2, 0) is 6.54 Å². The van der Waals surface area contributed by atoms with Crippen molar-refractivity contribution in [3.05, 3.63) is 85.1 Å². The lowest BCUT2D eigenvalue weighted by Crippen LogP contribution is -2.02. The molecule has 0 aliphatic carbocycles. The van der Waals surface area contributed by atoms with Crippen LogP contribution >= 0.6 is 0 Å². The van der Waals surface area contributed by atoms with Gasteiger partial charge in [-0.2, -0.15) is 10.1 Å². The molecule has 0 saturated carbocycles. The first-order valence-corrected chi connectivity index (χ1v) is 11.0. The molecule has 0 aliphatic rings. The minimum Gasteiger partial charge on any atom is -0.394 e. The van der Waals surface area contributed by atoms with Gasteiger partial charge >= 0.3 is 0 Å². The van der Waals surface area contributed by atoms with Gasteiger partial charge in [0.1, 0.15) is 17.3 Å². The van der Waals surface area contributed by atoms with Gasteiger partial charge in [0.15, 0.2) is 5.82 Å². The van der Waals surface area contributed by atoms with Crippen LogP contribution in [0.5, 0.6) is 0 Å². The van der Waals surface area contributed by atoms with E-state index < -0.39 is 0 Å². The molecule has 4 heterocycles. The first kappa shape index (κ1) is 22.1. The third kappa shape index (κ3) is 5.45. The topological polar surface area (TPSA) is 127 Å². The molecule has 0 aliphatic heterocycles. The number of aromatic nitrogens is 7. The Hall–Kier alpha value is -4.70. The van der Waals surface area contributed by atoms with E-state index in [0.29, 0.717) is 35.6 Å². The number of aryl methyl sites for hydroxylation is 1. The lowest BCUT2D eigenvalue weighted by molar-refractivity contribution is 0.269. The Bertz CT molecular complexity index is 1430. The maximum absolute atomic E-state index is 9.05. The molecule has 0 saturated heterocycles. The van der Waals surface area contributed by atoms with Gasteiger partial charge in [0.05, 0.1) is 19.3 Å². The molecule has 0 bridgehead atoms. The number of hydrogen-bond donors (Lipinski definition) is 3. The number of anilines is 4. The maximum atomic E-state index is 9.05. The Kier molecular flexibility index (Phi) is 6.35. The first-order valence-electron chi connectivity index (χ1n) is 11.0. The summed E-state index contributed by atoms with van der Waals surface area (Å²) in [5, 5.41) is 19.7. The van der Waals surface area contributed by atoms with Crippen LogP contribution in [0.15, 0.2) is 79.4 Å². The van der Waals surface area contributed by atoms with Crippen molar-refractivity contribution in [1.29, 1.82) is 0 Å². The molecule has 0 atom stereocenters. The first-order chi connectivity index (χ1) is 17.2. The highest BCUT2D eigenvalue weighted by Crippen LogP contribution is 2.23. The van der Waals surface area contributed by atoms with E-state index in [9.17, 15) is 0 Å². The lowest BCUT2D eigenvalue weighted by Gasteiger charge is -2.09. The number of benzene rings is 1. The average Bonchev–Trinajstić information content (AvgIpc) is 3.34. The molecule has 0 spiro atoms. The highest BCUT2D eigenvalue weighted by molar-refractivity contribution is 5.66. The van der Waals surface area contributed by atoms with Crippen molar-refractivity contribution in [2.45, 2.75) is 13.5 Å². The molecule has 0 radical (unpaired) electrons. The monoisotopic (exact) mass is 465 g/mol. The van der Waals surface area contributed by atoms with Crippen LogP contribution in [0.4, 0.5) is 23.3 Å². The zero-order valence-corrected chi connectivity index (χ0v) is 19.0. The molecule has 0 fully saturated rings. The molecule has 10 nitrogen and oxygen atoms in total. The van der Waals surface area contributed by atoms with Gasteiger partial charge in [-0.25, -0.2) is 19.9 Å². The van der Waals surface area contributed by atoms with Gasteiger partial charge in [-0.1, -0.05) is 18.2 Å². The largest absolute Gasteiger partial charge is 0.394 e. The van der Waals surface area contributed by atoms with E-state index in [-0.39, 0.29) is 6.61 Å². The second-order valence-electron chi connectivity index (χ2n) is 7.74. The van der Waals surface area contributed by atoms with Crippen molar-refractivity contribution in [2.24, 2.45) is 0 Å². The standard InChI is InChI=1S/C25H23N9O/c1-17-3-2-4-21(29-17)24-26-11-9-22(32-24)31-23-10-12-27-25(33-23)30-20-7-5-18(6-8-20)19-15-28-34(16-19)13-14-35/h2-12,15-16,35H,13-14H2,1H3,(H2,26,27,30,31,32,33). The third-order valence-corrected chi connectivity index (χ3v) is 5.12. The van der Waals surface area contributed by atoms with Crippen molar-refractivity contribution in [1.82, 2.24) is 34.7 Å². The fourth-order valence-corrected chi connectivity index (χ4v) is 3.45. The number of rotatable bonds is 8. The number of pyridine rings is 1. The summed E-state index contributed by atoms with van der Waals surface area (Å²) in [7, 11) is 0. The third-order valence-electron chi connectivity index (χ3n) is 5.12. The van der Waals surface area contributed by atoms with Gasteiger partial charge in [0.25, 0.3) is 0 Å². The molecule has 35 heavy (non-hydrogen) atoms. The van der Waals surface area contributed by atoms with E-state index in [1.807, 2.05) is 55.6 Å². The van der Waals surface area contributed by atoms with Crippen LogP contribution in [0.3, 0.4) is 0 Å². The lowest BCUT2D eigenvalue weighted by atomic mass is 10.1. The smallest absolute Gasteiger partial charge is 0.229 e. The summed E-state index contributed by atoms with van der Waals surface area (Å²) in [6, 6.07) is 17.2. The molecule has 4 aromatic heterocycles. The predicted molar refractivity (Wildman–Crippen MR) is 133 cm³/mol. The van der Waals surface area contributed by atoms with E-state index in [1.54, 1.807) is 35.4 Å². The molecule has 0 unspecified atom stereocenters. The van der Waals surface area contributed by atoms with Gasteiger partial charge in [0.2, 0.25) is 5.95 Å². The summed E-state index contributed by atoms with van der Waals surface area (Å²) in [4.78, 5) is 22.2. The van der Waals surface area contributed by atoms with Crippen molar-refractivity contribution >= 4 is 23.3 Å². The number of nitrogens with zero attached hydrogens (tertiary/aromatic N) is 7. The van der Waals surface area contributed by atoms with Crippen LogP contribution in [0.25, 0.3) is 22.6 Å². The van der Waals surface area contributed by atoms with Gasteiger partial charge < -0.3 is 15.7 Å². The summed E-state index contributed by atoms with van der Waals surface area (Å²) in [6.45, 7) is 2.46. The molecule has 10 heteroatoms. The molecule has 3 N–H and O–H groups in total. The molecular formula is C25H23N9O. The summed E-state index contributed by atoms with van der Waals surface area (Å²) >= 11 is 0. The second-order valence-corrected chi connectivity index (χ2v) is 7.74. The normalized spacial score (nSPS) is 10.8. The summed E-state index contributed by atoms with van der Waals surface area (Å²) in [6.07, 6.45) is 7.05. The Labute approximate surface area is 201 Å². The average molecular weight is 466 g/mol. The quantitative estimate of drug-likeness (QED) is 0.312. The maximum Gasteiger partial charge on any atom is 0.229 e. The summed E-state index contributed by atoms with van der Waals surface area (Å²) < 4.78 is 1.71. The zero-order valence-electron chi connectivity index (χ0n) is 19.0. The molecule has 5 rings (SSSR count). The Morgan fingerprint density at radius 1 is 0.829 bits per heavy atom. The van der Waals surface area contributed by atoms with E-state index in [0.717, 1.165) is 22.5 Å². The van der Waals surface area contributed by atoms with Crippen LogP contribution < -0.4 is 10.6 Å². The molecule has 0 amide bonds. The van der Waals surface area contributed by atoms with E-state index in [2.05, 4.69) is 40.7 Å². The van der Waals surface area contributed by atoms with Crippen LogP contribution in [0.2, 0.25) is 0 Å². The Morgan fingerprint density at radius 3 is 2.43 bits per heavy atom. The van der Waals surface area contributed by atoms with Crippen molar-refractivity contribution in [3.8, 4) is 22.6 Å². The SMILES string of the molecule is Cc1cccc(-c2nccc(Nc3ccnc(Nc4ccc(-c5cnn(CCO)c5)cc4)n3)n2)n1. The van der Waals surface area contributed by atoms with E-state index >= 15 is 0 Å². The van der Waals surface area contributed by atoms with E-state index in [4.69, 9.17) is 5.11 Å². The van der Waals surface area contributed by atoms with Crippen LogP contribution in [0.1, 0.15) is 5.69 Å². The van der Waals surface area contributed by atoms with Gasteiger partial charge in [-0.3, -0.25) is 4.68 Å². The highest BCUT2D eigenvalue weighted by Gasteiger charge is 2.07. The van der Waals surface area contributed by atoms with Gasteiger partial charge in [-0.15, -0.1) is 0 Å². The highest BCUT2D eigenvalue weighted by atomic mass is 16.3. The zero-order chi connectivity index (χ0) is 24.0. The minimum absolute atomic E-state index is 0.0558. The van der Waals surface area contributed by atoms with E-state index in [1.165, 1.54) is 0 Å². The van der Waals surface area contributed by atoms with Crippen molar-refractivity contribution in [2.75, 3.05) is 17.2 Å². The molecule has 5 aromatic rings. The van der Waals surface area contributed by atoms with Gasteiger partial charge in [0, 0.05) is 35.5 Å². The number of hydrogen-bond acceptors (Lipinski definition) is 9. The molecule has 1 aromatic carbocycles. The fourth-order valence-electron chi connectivity index (χ4n) is 3.45. The predicted octanol–water partition coefficient (Wildman–Crippen LogP) is 3.98. The molecular weight excluding hydrogens is 442 g/mol. The minimum atomic E-state index is 0.0558. The van der Waals surface area contributed by atoms with Crippen LogP contribution in [-0.4, -0.2) is 46.4 Å². The number of aliphatic hydroxyl groups is 1. The van der Waals surface area contributed by atoms with Crippen LogP contribution in [0, 0.1) is 6.92 Å². The Balaban J connectivity index is 1.28. The van der Waals surface area contributed by atoms with Crippen molar-refractivity contribution in [3.63, 3.8) is 0 Å². The van der Waals surface area contributed by atoms with Gasteiger partial charge in [-0.05, 0) is 48.9 Å². The summed E-state index contributed by atoms with van der Waals surface area (Å²) in [5.41, 5.74) is 4.48. The Morgan fingerprint density at radius 2 is 1.63 bits per heavy atom.